The van der Waals surface area contributed by atoms with Crippen LogP contribution in [-0.4, -0.2) is 33.7 Å². The Morgan fingerprint density at radius 1 is 1.42 bits per heavy atom. The molecule has 2 N–H and O–H groups in total. The van der Waals surface area contributed by atoms with E-state index in [4.69, 9.17) is 5.11 Å². The SMILES string of the molecule is O=C(NCCc1cccnc1)c1cc(C(=O)O)on1. The van der Waals surface area contributed by atoms with Gasteiger partial charge in [0.05, 0.1) is 0 Å². The first-order chi connectivity index (χ1) is 9.16. The molecule has 2 aromatic heterocycles. The topological polar surface area (TPSA) is 105 Å². The maximum Gasteiger partial charge on any atom is 0.374 e. The smallest absolute Gasteiger partial charge is 0.374 e. The number of rotatable bonds is 5. The number of hydrogen-bond donors (Lipinski definition) is 2. The molecule has 0 atom stereocenters. The van der Waals surface area contributed by atoms with Gasteiger partial charge in [-0.3, -0.25) is 9.78 Å². The van der Waals surface area contributed by atoms with E-state index in [0.29, 0.717) is 13.0 Å². The number of carboxylic acid groups (broad SMARTS) is 1. The number of carbonyl (C=O) groups excluding carboxylic acids is 1. The van der Waals surface area contributed by atoms with Crippen molar-refractivity contribution in [1.82, 2.24) is 15.5 Å². The van der Waals surface area contributed by atoms with Crippen LogP contribution in [0.4, 0.5) is 0 Å². The molecule has 0 saturated carbocycles. The Morgan fingerprint density at radius 2 is 2.26 bits per heavy atom. The second-order valence-corrected chi connectivity index (χ2v) is 3.75. The highest BCUT2D eigenvalue weighted by Gasteiger charge is 2.15. The van der Waals surface area contributed by atoms with Gasteiger partial charge in [-0.1, -0.05) is 11.2 Å². The van der Waals surface area contributed by atoms with E-state index < -0.39 is 11.9 Å². The van der Waals surface area contributed by atoms with Crippen molar-refractivity contribution in [3.8, 4) is 0 Å². The molecule has 0 bridgehead atoms. The lowest BCUT2D eigenvalue weighted by atomic mass is 10.2. The van der Waals surface area contributed by atoms with Gasteiger partial charge in [0.15, 0.2) is 5.69 Å². The summed E-state index contributed by atoms with van der Waals surface area (Å²) in [6.07, 6.45) is 4.01. The van der Waals surface area contributed by atoms with Crippen molar-refractivity contribution in [3.05, 3.63) is 47.6 Å². The summed E-state index contributed by atoms with van der Waals surface area (Å²) in [6, 6.07) is 4.80. The fraction of sp³-hybridized carbons (Fsp3) is 0.167. The summed E-state index contributed by atoms with van der Waals surface area (Å²) in [4.78, 5) is 26.2. The largest absolute Gasteiger partial charge is 0.475 e. The molecule has 19 heavy (non-hydrogen) atoms. The fourth-order valence-electron chi connectivity index (χ4n) is 1.44. The lowest BCUT2D eigenvalue weighted by Crippen LogP contribution is -2.25. The molecule has 0 radical (unpaired) electrons. The molecule has 2 rings (SSSR count). The van der Waals surface area contributed by atoms with E-state index in [1.54, 1.807) is 12.4 Å². The summed E-state index contributed by atoms with van der Waals surface area (Å²) in [5.74, 6) is -2.10. The summed E-state index contributed by atoms with van der Waals surface area (Å²) in [5, 5.41) is 14.6. The molecule has 0 aliphatic rings. The number of carboxylic acids is 1. The first-order valence-electron chi connectivity index (χ1n) is 5.54. The summed E-state index contributed by atoms with van der Waals surface area (Å²) in [7, 11) is 0. The quantitative estimate of drug-likeness (QED) is 0.822. The lowest BCUT2D eigenvalue weighted by molar-refractivity contribution is 0.0651. The van der Waals surface area contributed by atoms with Crippen LogP contribution in [0.15, 0.2) is 35.1 Å². The van der Waals surface area contributed by atoms with Crippen LogP contribution >= 0.6 is 0 Å². The highest BCUT2D eigenvalue weighted by molar-refractivity contribution is 5.94. The van der Waals surface area contributed by atoms with E-state index >= 15 is 0 Å². The molecule has 2 heterocycles. The number of hydrogen-bond acceptors (Lipinski definition) is 5. The Hall–Kier alpha value is -2.70. The molecule has 0 spiro atoms. The van der Waals surface area contributed by atoms with E-state index in [1.807, 2.05) is 12.1 Å². The van der Waals surface area contributed by atoms with Crippen LogP contribution in [0.5, 0.6) is 0 Å². The van der Waals surface area contributed by atoms with Crippen molar-refractivity contribution < 1.29 is 19.2 Å². The number of amides is 1. The third kappa shape index (κ3) is 3.38. The average Bonchev–Trinajstić information content (AvgIpc) is 2.89. The van der Waals surface area contributed by atoms with Gasteiger partial charge in [-0.25, -0.2) is 4.79 Å². The van der Waals surface area contributed by atoms with E-state index in [9.17, 15) is 9.59 Å². The highest BCUT2D eigenvalue weighted by Crippen LogP contribution is 2.03. The van der Waals surface area contributed by atoms with Gasteiger partial charge in [-0.2, -0.15) is 0 Å². The number of nitrogens with one attached hydrogen (secondary N) is 1. The van der Waals surface area contributed by atoms with Crippen molar-refractivity contribution in [2.24, 2.45) is 0 Å². The van der Waals surface area contributed by atoms with Crippen LogP contribution in [0.1, 0.15) is 26.6 Å². The highest BCUT2D eigenvalue weighted by atomic mass is 16.5. The first kappa shape index (κ1) is 12.7. The normalized spacial score (nSPS) is 10.1. The van der Waals surface area contributed by atoms with Crippen molar-refractivity contribution in [3.63, 3.8) is 0 Å². The summed E-state index contributed by atoms with van der Waals surface area (Å²) >= 11 is 0. The van der Waals surface area contributed by atoms with Crippen molar-refractivity contribution in [1.29, 1.82) is 0 Å². The Labute approximate surface area is 108 Å². The van der Waals surface area contributed by atoms with Gasteiger partial charge in [0.1, 0.15) is 0 Å². The van der Waals surface area contributed by atoms with Crippen LogP contribution < -0.4 is 5.32 Å². The summed E-state index contributed by atoms with van der Waals surface area (Å²) < 4.78 is 4.49. The maximum atomic E-state index is 11.6. The Kier molecular flexibility index (Phi) is 3.87. The second-order valence-electron chi connectivity index (χ2n) is 3.75. The Balaban J connectivity index is 1.85. The molecule has 2 aromatic rings. The monoisotopic (exact) mass is 261 g/mol. The molecule has 0 unspecified atom stereocenters. The Bertz CT molecular complexity index is 580. The standard InChI is InChI=1S/C12H11N3O4/c16-11(9-6-10(12(17)18)19-15-9)14-5-3-8-2-1-4-13-7-8/h1-2,4,6-7H,3,5H2,(H,14,16)(H,17,18). The molecular weight excluding hydrogens is 250 g/mol. The van der Waals surface area contributed by atoms with E-state index in [2.05, 4.69) is 20.0 Å². The fourth-order valence-corrected chi connectivity index (χ4v) is 1.44. The van der Waals surface area contributed by atoms with Gasteiger partial charge >= 0.3 is 5.97 Å². The zero-order chi connectivity index (χ0) is 13.7. The van der Waals surface area contributed by atoms with Crippen LogP contribution in [0, 0.1) is 0 Å². The van der Waals surface area contributed by atoms with Gasteiger partial charge in [-0.15, -0.1) is 0 Å². The second kappa shape index (κ2) is 5.76. The third-order valence-corrected chi connectivity index (χ3v) is 2.38. The van der Waals surface area contributed by atoms with E-state index in [0.717, 1.165) is 11.6 Å². The minimum Gasteiger partial charge on any atom is -0.475 e. The molecule has 0 aromatic carbocycles. The number of pyridine rings is 1. The van der Waals surface area contributed by atoms with Crippen molar-refractivity contribution >= 4 is 11.9 Å². The zero-order valence-electron chi connectivity index (χ0n) is 9.87. The van der Waals surface area contributed by atoms with Gasteiger partial charge in [0.25, 0.3) is 5.91 Å². The van der Waals surface area contributed by atoms with Gasteiger partial charge < -0.3 is 14.9 Å². The predicted octanol–water partition coefficient (Wildman–Crippen LogP) is 0.740. The molecule has 0 aliphatic carbocycles. The minimum absolute atomic E-state index is 0.0522. The summed E-state index contributed by atoms with van der Waals surface area (Å²) in [5.41, 5.74) is 0.942. The molecule has 0 saturated heterocycles. The maximum absolute atomic E-state index is 11.6. The van der Waals surface area contributed by atoms with Crippen LogP contribution in [0.3, 0.4) is 0 Å². The lowest BCUT2D eigenvalue weighted by Gasteiger charge is -2.02. The number of nitrogens with zero attached hydrogens (tertiary/aromatic N) is 2. The molecule has 7 heteroatoms. The predicted molar refractivity (Wildman–Crippen MR) is 63.7 cm³/mol. The van der Waals surface area contributed by atoms with Crippen molar-refractivity contribution in [2.45, 2.75) is 6.42 Å². The molecule has 1 amide bonds. The Morgan fingerprint density at radius 3 is 2.89 bits per heavy atom. The zero-order valence-corrected chi connectivity index (χ0v) is 9.87. The van der Waals surface area contributed by atoms with Crippen LogP contribution in [-0.2, 0) is 6.42 Å². The first-order valence-corrected chi connectivity index (χ1v) is 5.54. The van der Waals surface area contributed by atoms with Crippen LogP contribution in [0.2, 0.25) is 0 Å². The molecular formula is C12H11N3O4. The minimum atomic E-state index is -1.26. The summed E-state index contributed by atoms with van der Waals surface area (Å²) in [6.45, 7) is 0.403. The van der Waals surface area contributed by atoms with Gasteiger partial charge in [0, 0.05) is 25.0 Å². The van der Waals surface area contributed by atoms with Gasteiger partial charge in [-0.05, 0) is 18.1 Å². The van der Waals surface area contributed by atoms with Gasteiger partial charge in [0.2, 0.25) is 5.76 Å². The molecule has 7 nitrogen and oxygen atoms in total. The average molecular weight is 261 g/mol. The van der Waals surface area contributed by atoms with Crippen molar-refractivity contribution in [2.75, 3.05) is 6.54 Å². The molecule has 0 aliphatic heterocycles. The number of carbonyl (C=O) groups is 2. The molecule has 98 valence electrons. The molecule has 0 fully saturated rings. The van der Waals surface area contributed by atoms with Crippen LogP contribution in [0.25, 0.3) is 0 Å². The number of aromatic nitrogens is 2. The third-order valence-electron chi connectivity index (χ3n) is 2.38. The van der Waals surface area contributed by atoms with E-state index in [-0.39, 0.29) is 11.5 Å². The van der Waals surface area contributed by atoms with E-state index in [1.165, 1.54) is 0 Å². The number of aromatic carboxylic acids is 1.